The van der Waals surface area contributed by atoms with Gasteiger partial charge in [0.2, 0.25) is 5.91 Å². The lowest BCUT2D eigenvalue weighted by molar-refractivity contribution is -0.115. The summed E-state index contributed by atoms with van der Waals surface area (Å²) in [6.45, 7) is 1.32. The minimum atomic E-state index is -0.109. The number of hydrogen-bond acceptors (Lipinski definition) is 3. The molecule has 0 bridgehead atoms. The van der Waals surface area contributed by atoms with Gasteiger partial charge in [0, 0.05) is 24.3 Å². The number of likely N-dealkylation sites (N-methyl/N-ethyl adjacent to an activating group) is 1. The van der Waals surface area contributed by atoms with Gasteiger partial charge in [-0.1, -0.05) is 0 Å². The van der Waals surface area contributed by atoms with Gasteiger partial charge in [-0.2, -0.15) is 0 Å². The van der Waals surface area contributed by atoms with Gasteiger partial charge in [-0.15, -0.1) is 0 Å². The minimum absolute atomic E-state index is 0.0206. The SMILES string of the molecule is CNCCNC(=O)c1ccc2c(c1)CC(=O)N2. The van der Waals surface area contributed by atoms with Crippen molar-refractivity contribution in [1.82, 2.24) is 10.6 Å². The summed E-state index contributed by atoms with van der Waals surface area (Å²) in [4.78, 5) is 22.9. The van der Waals surface area contributed by atoms with Crippen LogP contribution in [-0.4, -0.2) is 32.0 Å². The van der Waals surface area contributed by atoms with Crippen molar-refractivity contribution in [3.8, 4) is 0 Å². The van der Waals surface area contributed by atoms with Crippen molar-refractivity contribution in [3.63, 3.8) is 0 Å². The average Bonchev–Trinajstić information content (AvgIpc) is 2.68. The van der Waals surface area contributed by atoms with Crippen LogP contribution in [0.4, 0.5) is 5.69 Å². The fourth-order valence-electron chi connectivity index (χ4n) is 1.77. The van der Waals surface area contributed by atoms with Crippen LogP contribution in [0.5, 0.6) is 0 Å². The van der Waals surface area contributed by atoms with E-state index in [0.29, 0.717) is 18.5 Å². The van der Waals surface area contributed by atoms with Crippen molar-refractivity contribution in [2.24, 2.45) is 0 Å². The molecule has 2 amide bonds. The van der Waals surface area contributed by atoms with Crippen LogP contribution in [0, 0.1) is 0 Å². The number of carbonyl (C=O) groups is 2. The van der Waals surface area contributed by atoms with E-state index in [1.54, 1.807) is 18.2 Å². The maximum absolute atomic E-state index is 11.8. The third-order valence-electron chi connectivity index (χ3n) is 2.65. The smallest absolute Gasteiger partial charge is 0.251 e. The Bertz CT molecular complexity index is 457. The maximum Gasteiger partial charge on any atom is 0.251 e. The van der Waals surface area contributed by atoms with E-state index in [-0.39, 0.29) is 11.8 Å². The number of carbonyl (C=O) groups excluding carboxylic acids is 2. The van der Waals surface area contributed by atoms with Crippen molar-refractivity contribution >= 4 is 17.5 Å². The summed E-state index contributed by atoms with van der Waals surface area (Å²) in [5, 5.41) is 8.48. The van der Waals surface area contributed by atoms with E-state index >= 15 is 0 Å². The first-order valence-corrected chi connectivity index (χ1v) is 5.56. The van der Waals surface area contributed by atoms with Crippen LogP contribution in [-0.2, 0) is 11.2 Å². The number of fused-ring (bicyclic) bond motifs is 1. The Balaban J connectivity index is 2.05. The standard InChI is InChI=1S/C12H15N3O2/c1-13-4-5-14-12(17)8-2-3-10-9(6-8)7-11(16)15-10/h2-3,6,13H,4-5,7H2,1H3,(H,14,17)(H,15,16). The Morgan fingerprint density at radius 2 is 2.24 bits per heavy atom. The molecule has 0 spiro atoms. The van der Waals surface area contributed by atoms with E-state index in [2.05, 4.69) is 16.0 Å². The number of nitrogens with one attached hydrogen (secondary N) is 3. The van der Waals surface area contributed by atoms with Gasteiger partial charge in [0.15, 0.2) is 0 Å². The summed E-state index contributed by atoms with van der Waals surface area (Å²) in [6, 6.07) is 5.26. The molecule has 5 nitrogen and oxygen atoms in total. The Labute approximate surface area is 99.6 Å². The predicted octanol–water partition coefficient (Wildman–Crippen LogP) is 0.130. The van der Waals surface area contributed by atoms with Gasteiger partial charge >= 0.3 is 0 Å². The normalized spacial score (nSPS) is 13.1. The molecule has 2 rings (SSSR count). The number of hydrogen-bond donors (Lipinski definition) is 3. The molecule has 0 radical (unpaired) electrons. The third kappa shape index (κ3) is 2.62. The largest absolute Gasteiger partial charge is 0.351 e. The fraction of sp³-hybridized carbons (Fsp3) is 0.333. The molecule has 5 heteroatoms. The zero-order valence-electron chi connectivity index (χ0n) is 9.67. The highest BCUT2D eigenvalue weighted by Crippen LogP contribution is 2.23. The highest BCUT2D eigenvalue weighted by Gasteiger charge is 2.18. The highest BCUT2D eigenvalue weighted by atomic mass is 16.2. The molecule has 1 aliphatic heterocycles. The van der Waals surface area contributed by atoms with Crippen LogP contribution in [0.2, 0.25) is 0 Å². The van der Waals surface area contributed by atoms with Crippen LogP contribution in [0.1, 0.15) is 15.9 Å². The summed E-state index contributed by atoms with van der Waals surface area (Å²) in [5.41, 5.74) is 2.29. The molecule has 17 heavy (non-hydrogen) atoms. The van der Waals surface area contributed by atoms with Crippen LogP contribution in [0.25, 0.3) is 0 Å². The monoisotopic (exact) mass is 233 g/mol. The number of benzene rings is 1. The first kappa shape index (κ1) is 11.6. The molecule has 0 saturated carbocycles. The van der Waals surface area contributed by atoms with E-state index in [9.17, 15) is 9.59 Å². The molecular weight excluding hydrogens is 218 g/mol. The molecule has 0 aromatic heterocycles. The third-order valence-corrected chi connectivity index (χ3v) is 2.65. The van der Waals surface area contributed by atoms with E-state index in [4.69, 9.17) is 0 Å². The van der Waals surface area contributed by atoms with Gasteiger partial charge in [0.25, 0.3) is 5.91 Å². The molecule has 0 unspecified atom stereocenters. The van der Waals surface area contributed by atoms with Crippen molar-refractivity contribution < 1.29 is 9.59 Å². The highest BCUT2D eigenvalue weighted by molar-refractivity contribution is 6.01. The fourth-order valence-corrected chi connectivity index (χ4v) is 1.77. The summed E-state index contributed by atoms with van der Waals surface area (Å²) >= 11 is 0. The molecule has 1 aromatic rings. The molecule has 90 valence electrons. The molecule has 0 fully saturated rings. The van der Waals surface area contributed by atoms with Crippen molar-refractivity contribution in [2.75, 3.05) is 25.5 Å². The zero-order chi connectivity index (χ0) is 12.3. The molecule has 0 saturated heterocycles. The Morgan fingerprint density at radius 3 is 3.00 bits per heavy atom. The molecular formula is C12H15N3O2. The minimum Gasteiger partial charge on any atom is -0.351 e. The first-order chi connectivity index (χ1) is 8.20. The van der Waals surface area contributed by atoms with E-state index in [0.717, 1.165) is 17.8 Å². The summed E-state index contributed by atoms with van der Waals surface area (Å²) in [5.74, 6) is -0.129. The summed E-state index contributed by atoms with van der Waals surface area (Å²) in [7, 11) is 1.83. The van der Waals surface area contributed by atoms with Crippen molar-refractivity contribution in [2.45, 2.75) is 6.42 Å². The number of rotatable bonds is 4. The molecule has 0 atom stereocenters. The second kappa shape index (κ2) is 4.97. The Hall–Kier alpha value is -1.88. The molecule has 0 aliphatic carbocycles. The van der Waals surface area contributed by atoms with Gasteiger partial charge < -0.3 is 16.0 Å². The Morgan fingerprint density at radius 1 is 1.41 bits per heavy atom. The first-order valence-electron chi connectivity index (χ1n) is 5.56. The number of anilines is 1. The number of amides is 2. The summed E-state index contributed by atoms with van der Waals surface area (Å²) < 4.78 is 0. The van der Waals surface area contributed by atoms with Crippen LogP contribution in [0.3, 0.4) is 0 Å². The van der Waals surface area contributed by atoms with Gasteiger partial charge in [0.1, 0.15) is 0 Å². The van der Waals surface area contributed by atoms with Gasteiger partial charge in [-0.3, -0.25) is 9.59 Å². The van der Waals surface area contributed by atoms with E-state index in [1.165, 1.54) is 0 Å². The lowest BCUT2D eigenvalue weighted by atomic mass is 10.1. The lowest BCUT2D eigenvalue weighted by Crippen LogP contribution is -2.30. The molecule has 1 aromatic carbocycles. The maximum atomic E-state index is 11.8. The Kier molecular flexibility index (Phi) is 3.39. The van der Waals surface area contributed by atoms with Gasteiger partial charge in [-0.05, 0) is 30.8 Å². The summed E-state index contributed by atoms with van der Waals surface area (Å²) in [6.07, 6.45) is 0.354. The van der Waals surface area contributed by atoms with Crippen LogP contribution in [0.15, 0.2) is 18.2 Å². The lowest BCUT2D eigenvalue weighted by Gasteiger charge is -2.06. The second-order valence-corrected chi connectivity index (χ2v) is 3.96. The van der Waals surface area contributed by atoms with Gasteiger partial charge in [-0.25, -0.2) is 0 Å². The molecule has 1 heterocycles. The predicted molar refractivity (Wildman–Crippen MR) is 65.0 cm³/mol. The second-order valence-electron chi connectivity index (χ2n) is 3.96. The quantitative estimate of drug-likeness (QED) is 0.647. The molecule has 1 aliphatic rings. The van der Waals surface area contributed by atoms with Crippen LogP contribution >= 0.6 is 0 Å². The van der Waals surface area contributed by atoms with E-state index in [1.807, 2.05) is 7.05 Å². The molecule has 3 N–H and O–H groups in total. The van der Waals surface area contributed by atoms with Crippen molar-refractivity contribution in [1.29, 1.82) is 0 Å². The van der Waals surface area contributed by atoms with E-state index < -0.39 is 0 Å². The average molecular weight is 233 g/mol. The zero-order valence-corrected chi connectivity index (χ0v) is 9.67. The topological polar surface area (TPSA) is 70.2 Å². The van der Waals surface area contributed by atoms with Gasteiger partial charge in [0.05, 0.1) is 6.42 Å². The van der Waals surface area contributed by atoms with Crippen LogP contribution < -0.4 is 16.0 Å². The van der Waals surface area contributed by atoms with Crippen molar-refractivity contribution in [3.05, 3.63) is 29.3 Å².